The van der Waals surface area contributed by atoms with Crippen LogP contribution in [0.25, 0.3) is 6.08 Å². The van der Waals surface area contributed by atoms with Crippen LogP contribution in [0.5, 0.6) is 5.75 Å². The van der Waals surface area contributed by atoms with Crippen LogP contribution in [0, 0.1) is 0 Å². The summed E-state index contributed by atoms with van der Waals surface area (Å²) in [7, 11) is 1.21. The number of rotatable bonds is 6. The van der Waals surface area contributed by atoms with Crippen LogP contribution >= 0.6 is 11.6 Å². The van der Waals surface area contributed by atoms with Gasteiger partial charge in [0.1, 0.15) is 17.2 Å². The highest BCUT2D eigenvalue weighted by molar-refractivity contribution is 6.30. The molecule has 172 valence electrons. The van der Waals surface area contributed by atoms with Crippen LogP contribution in [-0.4, -0.2) is 35.9 Å². The quantitative estimate of drug-likeness (QED) is 0.245. The van der Waals surface area contributed by atoms with Gasteiger partial charge in [0.2, 0.25) is 5.76 Å². The van der Waals surface area contributed by atoms with E-state index < -0.39 is 23.9 Å². The molecule has 4 rings (SSSR count). The second kappa shape index (κ2) is 9.63. The van der Waals surface area contributed by atoms with Crippen LogP contribution in [0.2, 0.25) is 5.02 Å². The number of carbonyl (C=O) groups excluding carboxylic acids is 4. The van der Waals surface area contributed by atoms with E-state index in [1.807, 2.05) is 0 Å². The number of methoxy groups -OCH3 is 1. The van der Waals surface area contributed by atoms with Crippen LogP contribution in [-0.2, 0) is 16.1 Å². The number of furan rings is 1. The average molecular weight is 481 g/mol. The van der Waals surface area contributed by atoms with E-state index >= 15 is 0 Å². The second-order valence-electron chi connectivity index (χ2n) is 7.07. The molecule has 1 aliphatic rings. The predicted molar refractivity (Wildman–Crippen MR) is 120 cm³/mol. The van der Waals surface area contributed by atoms with E-state index in [1.165, 1.54) is 37.5 Å². The fourth-order valence-corrected chi connectivity index (χ4v) is 3.26. The molecule has 2 aromatic carbocycles. The fourth-order valence-electron chi connectivity index (χ4n) is 3.14. The minimum Gasteiger partial charge on any atom is -0.463 e. The zero-order valence-corrected chi connectivity index (χ0v) is 18.5. The molecule has 9 nitrogen and oxygen atoms in total. The third-order valence-electron chi connectivity index (χ3n) is 4.83. The number of benzene rings is 2. The zero-order chi connectivity index (χ0) is 24.2. The Morgan fingerprint density at radius 3 is 2.50 bits per heavy atom. The van der Waals surface area contributed by atoms with Crippen molar-refractivity contribution in [2.75, 3.05) is 7.11 Å². The number of imide groups is 1. The van der Waals surface area contributed by atoms with Gasteiger partial charge in [-0.15, -0.1) is 0 Å². The van der Waals surface area contributed by atoms with Crippen LogP contribution in [0.15, 0.2) is 70.8 Å². The molecular weight excluding hydrogens is 464 g/mol. The molecule has 0 bridgehead atoms. The highest BCUT2D eigenvalue weighted by Crippen LogP contribution is 2.25. The van der Waals surface area contributed by atoms with Crippen molar-refractivity contribution in [3.63, 3.8) is 0 Å². The summed E-state index contributed by atoms with van der Waals surface area (Å²) in [6.07, 6.45) is 1.41. The maximum Gasteiger partial charge on any atom is 0.373 e. The number of urea groups is 1. The summed E-state index contributed by atoms with van der Waals surface area (Å²) in [5, 5.41) is 2.98. The van der Waals surface area contributed by atoms with Crippen LogP contribution < -0.4 is 10.1 Å². The molecule has 1 saturated heterocycles. The van der Waals surface area contributed by atoms with Gasteiger partial charge < -0.3 is 19.2 Å². The lowest BCUT2D eigenvalue weighted by molar-refractivity contribution is -0.123. The monoisotopic (exact) mass is 480 g/mol. The molecule has 1 fully saturated rings. The van der Waals surface area contributed by atoms with Crippen molar-refractivity contribution in [2.24, 2.45) is 0 Å². The Kier molecular flexibility index (Phi) is 6.46. The van der Waals surface area contributed by atoms with Crippen LogP contribution in [0.4, 0.5) is 4.79 Å². The Morgan fingerprint density at radius 2 is 1.76 bits per heavy atom. The minimum atomic E-state index is -0.672. The summed E-state index contributed by atoms with van der Waals surface area (Å²) in [5.41, 5.74) is 0.689. The first-order valence-corrected chi connectivity index (χ1v) is 10.3. The predicted octanol–water partition coefficient (Wildman–Crippen LogP) is 4.03. The van der Waals surface area contributed by atoms with Gasteiger partial charge in [-0.05, 0) is 48.5 Å². The van der Waals surface area contributed by atoms with Crippen molar-refractivity contribution in [1.82, 2.24) is 10.2 Å². The third-order valence-corrected chi connectivity index (χ3v) is 5.08. The molecule has 2 heterocycles. The number of hydrogen-bond donors (Lipinski definition) is 1. The van der Waals surface area contributed by atoms with Gasteiger partial charge in [-0.25, -0.2) is 14.4 Å². The van der Waals surface area contributed by atoms with Gasteiger partial charge >= 0.3 is 18.0 Å². The van der Waals surface area contributed by atoms with Crippen molar-refractivity contribution >= 4 is 41.6 Å². The molecular formula is C24H17ClN2O7. The van der Waals surface area contributed by atoms with Gasteiger partial charge in [0, 0.05) is 10.6 Å². The third kappa shape index (κ3) is 4.84. The Labute approximate surface area is 198 Å². The van der Waals surface area contributed by atoms with E-state index in [2.05, 4.69) is 10.1 Å². The molecule has 0 unspecified atom stereocenters. The molecule has 3 amide bonds. The van der Waals surface area contributed by atoms with Crippen LogP contribution in [0.3, 0.4) is 0 Å². The van der Waals surface area contributed by atoms with Crippen molar-refractivity contribution in [2.45, 2.75) is 6.54 Å². The number of halogens is 1. The number of esters is 2. The molecule has 3 aromatic rings. The molecule has 1 aromatic heterocycles. The van der Waals surface area contributed by atoms with Crippen molar-refractivity contribution in [3.05, 3.63) is 94.0 Å². The van der Waals surface area contributed by atoms with Crippen LogP contribution in [0.1, 0.15) is 32.2 Å². The SMILES string of the molecule is COC(=O)c1ccc(CN2C(=O)N/C(=C/c3ccccc3OC(=O)c3ccc(Cl)cc3)C2=O)o1. The number of nitrogens with zero attached hydrogens (tertiary/aromatic N) is 1. The lowest BCUT2D eigenvalue weighted by Crippen LogP contribution is -2.30. The number of hydrogen-bond acceptors (Lipinski definition) is 7. The van der Waals surface area contributed by atoms with E-state index in [0.717, 1.165) is 4.90 Å². The number of carbonyl (C=O) groups is 4. The van der Waals surface area contributed by atoms with Crippen molar-refractivity contribution in [3.8, 4) is 5.75 Å². The van der Waals surface area contributed by atoms with Gasteiger partial charge in [-0.3, -0.25) is 9.69 Å². The summed E-state index contributed by atoms with van der Waals surface area (Å²) in [5.74, 6) is -1.51. The number of para-hydroxylation sites is 1. The minimum absolute atomic E-state index is 0.0141. The Morgan fingerprint density at radius 1 is 1.03 bits per heavy atom. The fraction of sp³-hybridized carbons (Fsp3) is 0.0833. The summed E-state index contributed by atoms with van der Waals surface area (Å²) in [6, 6.07) is 15.0. The normalized spacial score (nSPS) is 14.3. The largest absolute Gasteiger partial charge is 0.463 e. The lowest BCUT2D eigenvalue weighted by Gasteiger charge is -2.09. The molecule has 0 aliphatic carbocycles. The van der Waals surface area contributed by atoms with E-state index in [-0.39, 0.29) is 29.5 Å². The highest BCUT2D eigenvalue weighted by atomic mass is 35.5. The van der Waals surface area contributed by atoms with Gasteiger partial charge in [-0.1, -0.05) is 29.8 Å². The van der Waals surface area contributed by atoms with Crippen molar-refractivity contribution < 1.29 is 33.1 Å². The second-order valence-corrected chi connectivity index (χ2v) is 7.51. The smallest absolute Gasteiger partial charge is 0.373 e. The topological polar surface area (TPSA) is 115 Å². The summed E-state index contributed by atoms with van der Waals surface area (Å²) in [4.78, 5) is 50.2. The first-order valence-electron chi connectivity index (χ1n) is 9.94. The van der Waals surface area contributed by atoms with Gasteiger partial charge in [-0.2, -0.15) is 0 Å². The molecule has 1 aliphatic heterocycles. The van der Waals surface area contributed by atoms with E-state index in [9.17, 15) is 19.2 Å². The maximum absolute atomic E-state index is 12.8. The van der Waals surface area contributed by atoms with E-state index in [1.54, 1.807) is 36.4 Å². The van der Waals surface area contributed by atoms with Crippen molar-refractivity contribution in [1.29, 1.82) is 0 Å². The highest BCUT2D eigenvalue weighted by Gasteiger charge is 2.34. The Hall–Kier alpha value is -4.37. The molecule has 0 atom stereocenters. The first-order chi connectivity index (χ1) is 16.4. The zero-order valence-electron chi connectivity index (χ0n) is 17.7. The van der Waals surface area contributed by atoms with Gasteiger partial charge in [0.25, 0.3) is 5.91 Å². The summed E-state index contributed by atoms with van der Waals surface area (Å²) in [6.45, 7) is -0.188. The molecule has 1 N–H and O–H groups in total. The maximum atomic E-state index is 12.8. The molecule has 0 radical (unpaired) electrons. The first kappa shape index (κ1) is 22.8. The molecule has 10 heteroatoms. The number of ether oxygens (including phenoxy) is 2. The standard InChI is InChI=1S/C24H17ClN2O7/c1-32-23(30)20-11-10-17(33-20)13-27-21(28)18(26-24(27)31)12-15-4-2-3-5-19(15)34-22(29)14-6-8-16(25)9-7-14/h2-12H,13H2,1H3,(H,26,31)/b18-12+. The number of amides is 3. The summed E-state index contributed by atoms with van der Waals surface area (Å²) >= 11 is 5.85. The van der Waals surface area contributed by atoms with E-state index in [0.29, 0.717) is 16.1 Å². The summed E-state index contributed by atoms with van der Waals surface area (Å²) < 4.78 is 15.4. The lowest BCUT2D eigenvalue weighted by atomic mass is 10.1. The average Bonchev–Trinajstić information content (AvgIpc) is 3.40. The molecule has 34 heavy (non-hydrogen) atoms. The molecule has 0 spiro atoms. The Balaban J connectivity index is 1.52. The van der Waals surface area contributed by atoms with Gasteiger partial charge in [0.05, 0.1) is 19.2 Å². The Bertz CT molecular complexity index is 1310. The molecule has 0 saturated carbocycles. The van der Waals surface area contributed by atoms with E-state index in [4.69, 9.17) is 20.8 Å². The van der Waals surface area contributed by atoms with Gasteiger partial charge in [0.15, 0.2) is 0 Å². The number of nitrogens with one attached hydrogen (secondary N) is 1.